The van der Waals surface area contributed by atoms with Crippen molar-refractivity contribution in [1.29, 1.82) is 0 Å². The highest BCUT2D eigenvalue weighted by Gasteiger charge is 2.53. The van der Waals surface area contributed by atoms with Crippen molar-refractivity contribution in [2.24, 2.45) is 12.5 Å². The number of carbonyl (C=O) groups excluding carboxylic acids is 4. The first-order valence-electron chi connectivity index (χ1n) is 25.6. The number of β-amino-alcohol motifs (C(OH)–C–C–N with tert-alkyl or cyclic N) is 1. The zero-order valence-electron chi connectivity index (χ0n) is 43.7. The van der Waals surface area contributed by atoms with Gasteiger partial charge in [0.1, 0.15) is 17.8 Å². The van der Waals surface area contributed by atoms with Crippen LogP contribution in [0.2, 0.25) is 0 Å². The predicted molar refractivity (Wildman–Crippen MR) is 284 cm³/mol. The number of pyridine rings is 1. The number of ether oxygens (including phenoxy) is 1. The van der Waals surface area contributed by atoms with Gasteiger partial charge in [-0.3, -0.25) is 28.7 Å². The summed E-state index contributed by atoms with van der Waals surface area (Å²) in [6.45, 7) is 9.80. The largest absolute Gasteiger partial charge is 0.497 e. The molecule has 6 aromatic rings. The highest BCUT2D eigenvalue weighted by atomic mass is 32.1. The Morgan fingerprint density at radius 3 is 2.42 bits per heavy atom. The van der Waals surface area contributed by atoms with Crippen LogP contribution in [0.3, 0.4) is 0 Å². The van der Waals surface area contributed by atoms with Gasteiger partial charge < -0.3 is 40.2 Å². The first kappa shape index (κ1) is 53.8. The van der Waals surface area contributed by atoms with E-state index in [1.165, 1.54) is 16.2 Å². The summed E-state index contributed by atoms with van der Waals surface area (Å²) in [6.07, 6.45) is 1.14. The van der Waals surface area contributed by atoms with Gasteiger partial charge in [-0.15, -0.1) is 11.3 Å². The van der Waals surface area contributed by atoms with Crippen molar-refractivity contribution in [3.8, 4) is 27.3 Å². The van der Waals surface area contributed by atoms with Crippen molar-refractivity contribution >= 4 is 57.2 Å². The third-order valence-corrected chi connectivity index (χ3v) is 15.8. The molecule has 2 aliphatic heterocycles. The number of fused-ring (bicyclic) bond motifs is 2. The van der Waals surface area contributed by atoms with Crippen molar-refractivity contribution in [2.45, 2.75) is 122 Å². The monoisotopic (exact) mass is 1060 g/mol. The summed E-state index contributed by atoms with van der Waals surface area (Å²) in [6, 6.07) is 13.1. The number of halogens is 3. The number of alkyl halides is 3. The number of aromatic nitrogens is 4. The van der Waals surface area contributed by atoms with Gasteiger partial charge in [0.2, 0.25) is 17.7 Å². The molecule has 3 aromatic heterocycles. The molecule has 0 spiro atoms. The molecule has 3 aliphatic rings. The minimum Gasteiger partial charge on any atom is -0.497 e. The van der Waals surface area contributed by atoms with Gasteiger partial charge in [0, 0.05) is 85.7 Å². The number of nitrogens with one attached hydrogen (secondary N) is 3. The Bertz CT molecular complexity index is 3250. The maximum Gasteiger partial charge on any atom is 0.264 e. The van der Waals surface area contributed by atoms with Crippen molar-refractivity contribution in [2.75, 3.05) is 31.6 Å². The summed E-state index contributed by atoms with van der Waals surface area (Å²) in [5.74, 6) is -1.96. The lowest BCUT2D eigenvalue weighted by atomic mass is 9.85. The maximum absolute atomic E-state index is 15.1. The van der Waals surface area contributed by atoms with Crippen LogP contribution in [0.5, 0.6) is 5.75 Å². The van der Waals surface area contributed by atoms with E-state index in [0.717, 1.165) is 39.2 Å². The fraction of sp³-hybridized carbons (Fsp3) is 0.446. The summed E-state index contributed by atoms with van der Waals surface area (Å²) in [7, 11) is 3.25. The standard InChI is InChI=1S/C56H64F3N9O7S/c1-31-20-41-44(65(6)52(31)72)23-38(75-7)24-45(41)67-19-8-10-35-21-39(40(50(57)58)25-43(35)67)36-27-62-66(28-36)18-9-17-60-47(70)26-42(33-11-13-34(14-12-33)48-32(2)61-30-76-48)63-51(71)46-22-37(69)29-68(46)53(73)49(55(3,4)5)64-54(74)56(59)15-16-56/h11-14,20-21,23-25,27-28,30,37,42,46,49-50,69H,8-10,15-19,22,26,29H2,1-7H3,(H,60,70)(H,63,71)(H,64,74)/t37-,42+,46+,49-/m1/s1. The molecule has 4 atom stereocenters. The van der Waals surface area contributed by atoms with Gasteiger partial charge in [-0.2, -0.15) is 5.10 Å². The van der Waals surface area contributed by atoms with E-state index < -0.39 is 59.5 Å². The van der Waals surface area contributed by atoms with E-state index in [1.54, 1.807) is 81.1 Å². The number of methoxy groups -OCH3 is 1. The number of benzene rings is 3. The molecule has 1 saturated carbocycles. The Balaban J connectivity index is 0.882. The zero-order valence-corrected chi connectivity index (χ0v) is 44.5. The smallest absolute Gasteiger partial charge is 0.264 e. The van der Waals surface area contributed by atoms with Crippen molar-refractivity contribution in [1.82, 2.24) is 40.2 Å². The Kier molecular flexibility index (Phi) is 15.2. The highest BCUT2D eigenvalue weighted by Crippen LogP contribution is 2.45. The molecule has 9 rings (SSSR count). The van der Waals surface area contributed by atoms with Crippen LogP contribution >= 0.6 is 11.3 Å². The third kappa shape index (κ3) is 11.1. The van der Waals surface area contributed by atoms with Crippen LogP contribution in [0.1, 0.15) is 99.7 Å². The quantitative estimate of drug-likeness (QED) is 0.0653. The van der Waals surface area contributed by atoms with Crippen LogP contribution in [-0.4, -0.2) is 104 Å². The molecule has 0 radical (unpaired) electrons. The molecular formula is C56H64F3N9O7S. The molecule has 1 saturated heterocycles. The van der Waals surface area contributed by atoms with Gasteiger partial charge in [0.05, 0.1) is 59.2 Å². The predicted octanol–water partition coefficient (Wildman–Crippen LogP) is 7.92. The van der Waals surface area contributed by atoms with Crippen molar-refractivity contribution < 1.29 is 42.2 Å². The molecule has 4 amide bonds. The Labute approximate surface area is 442 Å². The van der Waals surface area contributed by atoms with Crippen molar-refractivity contribution in [3.63, 3.8) is 0 Å². The summed E-state index contributed by atoms with van der Waals surface area (Å²) in [5.41, 5.74) is 5.38. The summed E-state index contributed by atoms with van der Waals surface area (Å²) in [4.78, 5) is 76.5. The molecule has 0 unspecified atom stereocenters. The van der Waals surface area contributed by atoms with E-state index in [2.05, 4.69) is 26.0 Å². The summed E-state index contributed by atoms with van der Waals surface area (Å²) in [5, 5.41) is 24.6. The molecule has 4 N–H and O–H groups in total. The van der Waals surface area contributed by atoms with Crippen LogP contribution in [0.25, 0.3) is 32.5 Å². The van der Waals surface area contributed by atoms with Gasteiger partial charge in [-0.25, -0.2) is 18.2 Å². The number of thiazole rings is 1. The first-order valence-corrected chi connectivity index (χ1v) is 26.5. The number of hydrogen-bond donors (Lipinski definition) is 4. The van der Waals surface area contributed by atoms with Crippen LogP contribution < -0.4 is 31.1 Å². The number of amides is 4. The van der Waals surface area contributed by atoms with Crippen LogP contribution in [0, 0.1) is 19.3 Å². The second kappa shape index (κ2) is 21.5. The first-order chi connectivity index (χ1) is 36.1. The Morgan fingerprint density at radius 1 is 1.00 bits per heavy atom. The lowest BCUT2D eigenvalue weighted by Gasteiger charge is -2.36. The molecular weight excluding hydrogens is 1000 g/mol. The van der Waals surface area contributed by atoms with Gasteiger partial charge in [-0.05, 0) is 91.8 Å². The lowest BCUT2D eigenvalue weighted by molar-refractivity contribution is -0.145. The van der Waals surface area contributed by atoms with E-state index >= 15 is 8.78 Å². The minimum absolute atomic E-state index is 0.0596. The number of likely N-dealkylation sites (tertiary alicyclic amines) is 1. The SMILES string of the molecule is COc1cc(N2CCCc3cc(-c4cnn(CCCNC(=O)C[C@H](NC(=O)[C@@H]5C[C@@H](O)CN5C(=O)[C@@H](NC(=O)C5(F)CC5)C(C)(C)C)c5ccc(-c6scnc6C)cc5)c4)c(C(F)F)cc32)c2cc(C)c(=O)n(C)c2c1. The molecule has 0 bridgehead atoms. The van der Waals surface area contributed by atoms with Gasteiger partial charge in [-0.1, -0.05) is 45.0 Å². The molecule has 76 heavy (non-hydrogen) atoms. The van der Waals surface area contributed by atoms with Crippen LogP contribution in [0.4, 0.5) is 24.5 Å². The van der Waals surface area contributed by atoms with E-state index in [1.807, 2.05) is 54.3 Å². The topological polar surface area (TPSA) is 193 Å². The fourth-order valence-electron chi connectivity index (χ4n) is 10.4. The van der Waals surface area contributed by atoms with E-state index in [4.69, 9.17) is 4.74 Å². The van der Waals surface area contributed by atoms with Gasteiger partial charge >= 0.3 is 0 Å². The maximum atomic E-state index is 15.1. The van der Waals surface area contributed by atoms with Crippen LogP contribution in [-0.2, 0) is 39.2 Å². The number of aryl methyl sites for hydroxylation is 5. The van der Waals surface area contributed by atoms with Crippen molar-refractivity contribution in [3.05, 3.63) is 111 Å². The number of carbonyl (C=O) groups is 4. The molecule has 402 valence electrons. The molecule has 20 heteroatoms. The third-order valence-electron chi connectivity index (χ3n) is 14.8. The number of hydrogen-bond acceptors (Lipinski definition) is 11. The number of rotatable bonds is 17. The Morgan fingerprint density at radius 2 is 1.75 bits per heavy atom. The molecule has 2 fully saturated rings. The second-order valence-electron chi connectivity index (χ2n) is 21.4. The highest BCUT2D eigenvalue weighted by molar-refractivity contribution is 7.13. The fourth-order valence-corrected chi connectivity index (χ4v) is 11.2. The number of anilines is 2. The van der Waals surface area contributed by atoms with E-state index in [0.29, 0.717) is 65.1 Å². The van der Waals surface area contributed by atoms with Gasteiger partial charge in [0.25, 0.3) is 17.9 Å². The van der Waals surface area contributed by atoms with Gasteiger partial charge in [0.15, 0.2) is 5.67 Å². The van der Waals surface area contributed by atoms with E-state index in [9.17, 15) is 33.5 Å². The number of aliphatic hydroxyl groups excluding tert-OH is 1. The number of aliphatic hydroxyl groups is 1. The average molecular weight is 1060 g/mol. The average Bonchev–Trinajstić information content (AvgIpc) is 3.77. The normalized spacial score (nSPS) is 17.8. The summed E-state index contributed by atoms with van der Waals surface area (Å²) < 4.78 is 53.8. The summed E-state index contributed by atoms with van der Waals surface area (Å²) >= 11 is 1.49. The minimum atomic E-state index is -2.80. The second-order valence-corrected chi connectivity index (χ2v) is 22.2. The number of nitrogens with zero attached hydrogens (tertiary/aromatic N) is 6. The lowest BCUT2D eigenvalue weighted by Crippen LogP contribution is -2.59. The van der Waals surface area contributed by atoms with Crippen LogP contribution in [0.15, 0.2) is 77.3 Å². The Hall–Kier alpha value is -7.06. The van der Waals surface area contributed by atoms with E-state index in [-0.39, 0.29) is 55.8 Å². The molecule has 16 nitrogen and oxygen atoms in total. The molecule has 3 aromatic carbocycles. The zero-order chi connectivity index (χ0) is 54.4. The molecule has 5 heterocycles. The molecule has 1 aliphatic carbocycles.